The van der Waals surface area contributed by atoms with Gasteiger partial charge in [-0.15, -0.1) is 0 Å². The van der Waals surface area contributed by atoms with Crippen LogP contribution in [0.5, 0.6) is 0 Å². The van der Waals surface area contributed by atoms with E-state index in [0.29, 0.717) is 5.56 Å². The quantitative estimate of drug-likeness (QED) is 0.533. The lowest BCUT2D eigenvalue weighted by Crippen LogP contribution is -2.18. The van der Waals surface area contributed by atoms with Gasteiger partial charge in [-0.25, -0.2) is 14.8 Å². The molecule has 0 bridgehead atoms. The van der Waals surface area contributed by atoms with Crippen molar-refractivity contribution in [1.29, 1.82) is 0 Å². The number of nitrogens with one attached hydrogen (secondary N) is 1. The van der Waals surface area contributed by atoms with Crippen molar-refractivity contribution in [2.45, 2.75) is 0 Å². The van der Waals surface area contributed by atoms with Crippen molar-refractivity contribution < 1.29 is 9.18 Å². The summed E-state index contributed by atoms with van der Waals surface area (Å²) in [5.74, 6) is -0.851. The molecule has 0 aliphatic rings. The van der Waals surface area contributed by atoms with Crippen molar-refractivity contribution in [1.82, 2.24) is 10.4 Å². The molecule has 0 atom stereocenters. The largest absolute Gasteiger partial charge is 0.274 e. The molecule has 1 aromatic carbocycles. The van der Waals surface area contributed by atoms with Crippen molar-refractivity contribution in [2.24, 2.45) is 5.10 Å². The normalized spacial score (nSPS) is 10.6. The Morgan fingerprint density at radius 1 is 1.37 bits per heavy atom. The van der Waals surface area contributed by atoms with E-state index in [9.17, 15) is 9.18 Å². The molecule has 1 heterocycles. The second-order valence-electron chi connectivity index (χ2n) is 3.60. The van der Waals surface area contributed by atoms with Gasteiger partial charge in [0.1, 0.15) is 11.0 Å². The zero-order valence-corrected chi connectivity index (χ0v) is 10.4. The number of carbonyl (C=O) groups excluding carboxylic acids is 1. The van der Waals surface area contributed by atoms with Gasteiger partial charge in [0.2, 0.25) is 0 Å². The second kappa shape index (κ2) is 6.06. The zero-order valence-electron chi connectivity index (χ0n) is 9.68. The van der Waals surface area contributed by atoms with E-state index < -0.39 is 5.91 Å². The van der Waals surface area contributed by atoms with Gasteiger partial charge >= 0.3 is 0 Å². The standard InChI is InChI=1S/C13H9ClFN3O/c14-12-11(5-2-6-16-12)13(19)18-17-8-9-3-1-4-10(15)7-9/h1-8H,(H,18,19). The SMILES string of the molecule is O=C(NN=Cc1cccc(F)c1)c1cccnc1Cl. The Kier molecular flexibility index (Phi) is 4.20. The van der Waals surface area contributed by atoms with Crippen molar-refractivity contribution in [3.8, 4) is 0 Å². The molecule has 0 spiro atoms. The van der Waals surface area contributed by atoms with Crippen LogP contribution < -0.4 is 5.43 Å². The molecule has 1 amide bonds. The highest BCUT2D eigenvalue weighted by molar-refractivity contribution is 6.32. The summed E-state index contributed by atoms with van der Waals surface area (Å²) in [6.45, 7) is 0. The van der Waals surface area contributed by atoms with Crippen LogP contribution in [-0.2, 0) is 0 Å². The van der Waals surface area contributed by atoms with Gasteiger partial charge in [-0.05, 0) is 29.8 Å². The maximum Gasteiger partial charge on any atom is 0.274 e. The number of nitrogens with zero attached hydrogens (tertiary/aromatic N) is 2. The van der Waals surface area contributed by atoms with Crippen LogP contribution in [-0.4, -0.2) is 17.1 Å². The van der Waals surface area contributed by atoms with E-state index in [1.807, 2.05) is 0 Å². The van der Waals surface area contributed by atoms with Crippen LogP contribution >= 0.6 is 11.6 Å². The molecule has 2 aromatic rings. The predicted octanol–water partition coefficient (Wildman–Crippen LogP) is 2.64. The summed E-state index contributed by atoms with van der Waals surface area (Å²) in [5, 5.41) is 3.82. The molecule has 1 N–H and O–H groups in total. The van der Waals surface area contributed by atoms with E-state index in [-0.39, 0.29) is 16.5 Å². The smallest absolute Gasteiger partial charge is 0.267 e. The molecule has 0 saturated carbocycles. The van der Waals surface area contributed by atoms with Crippen LogP contribution in [0.4, 0.5) is 4.39 Å². The Morgan fingerprint density at radius 2 is 2.21 bits per heavy atom. The average Bonchev–Trinajstić information content (AvgIpc) is 2.39. The molecule has 0 aliphatic carbocycles. The van der Waals surface area contributed by atoms with Crippen LogP contribution in [0.3, 0.4) is 0 Å². The molecule has 19 heavy (non-hydrogen) atoms. The number of amides is 1. The first-order chi connectivity index (χ1) is 9.16. The molecule has 0 aliphatic heterocycles. The van der Waals surface area contributed by atoms with Gasteiger partial charge in [-0.1, -0.05) is 23.7 Å². The Morgan fingerprint density at radius 3 is 2.95 bits per heavy atom. The number of halogens is 2. The van der Waals surface area contributed by atoms with E-state index in [2.05, 4.69) is 15.5 Å². The molecule has 6 heteroatoms. The zero-order chi connectivity index (χ0) is 13.7. The number of aromatic nitrogens is 1. The molecule has 2 rings (SSSR count). The minimum Gasteiger partial charge on any atom is -0.267 e. The third-order valence-electron chi connectivity index (χ3n) is 2.23. The van der Waals surface area contributed by atoms with E-state index in [4.69, 9.17) is 11.6 Å². The average molecular weight is 278 g/mol. The molecular weight excluding hydrogens is 269 g/mol. The summed E-state index contributed by atoms with van der Waals surface area (Å²) in [7, 11) is 0. The molecule has 0 radical (unpaired) electrons. The lowest BCUT2D eigenvalue weighted by Gasteiger charge is -2.00. The molecule has 96 valence electrons. The Hall–Kier alpha value is -2.27. The van der Waals surface area contributed by atoms with Crippen LogP contribution in [0.1, 0.15) is 15.9 Å². The third kappa shape index (κ3) is 3.59. The highest BCUT2D eigenvalue weighted by Crippen LogP contribution is 2.10. The first kappa shape index (κ1) is 13.2. The number of benzene rings is 1. The molecular formula is C13H9ClFN3O. The second-order valence-corrected chi connectivity index (χ2v) is 3.95. The minimum atomic E-state index is -0.481. The van der Waals surface area contributed by atoms with E-state index in [0.717, 1.165) is 0 Å². The van der Waals surface area contributed by atoms with Gasteiger partial charge < -0.3 is 0 Å². The number of hydrazone groups is 1. The van der Waals surface area contributed by atoms with Crippen LogP contribution in [0.15, 0.2) is 47.7 Å². The number of hydrogen-bond acceptors (Lipinski definition) is 3. The lowest BCUT2D eigenvalue weighted by atomic mass is 10.2. The van der Waals surface area contributed by atoms with Gasteiger partial charge in [-0.2, -0.15) is 5.10 Å². The minimum absolute atomic E-state index is 0.0981. The third-order valence-corrected chi connectivity index (χ3v) is 2.53. The Labute approximate surface area is 113 Å². The number of hydrogen-bond donors (Lipinski definition) is 1. The van der Waals surface area contributed by atoms with Gasteiger partial charge in [-0.3, -0.25) is 4.79 Å². The molecule has 1 aromatic heterocycles. The predicted molar refractivity (Wildman–Crippen MR) is 70.7 cm³/mol. The molecule has 4 nitrogen and oxygen atoms in total. The van der Waals surface area contributed by atoms with Crippen molar-refractivity contribution in [2.75, 3.05) is 0 Å². The highest BCUT2D eigenvalue weighted by Gasteiger charge is 2.08. The number of pyridine rings is 1. The van der Waals surface area contributed by atoms with Crippen molar-refractivity contribution >= 4 is 23.7 Å². The summed E-state index contributed by atoms with van der Waals surface area (Å²) in [5.41, 5.74) is 3.05. The fourth-order valence-electron chi connectivity index (χ4n) is 1.37. The van der Waals surface area contributed by atoms with Gasteiger partial charge in [0, 0.05) is 6.20 Å². The Bertz CT molecular complexity index is 631. The summed E-state index contributed by atoms with van der Waals surface area (Å²) in [4.78, 5) is 15.5. The fraction of sp³-hybridized carbons (Fsp3) is 0. The summed E-state index contributed by atoms with van der Waals surface area (Å²) >= 11 is 5.76. The van der Waals surface area contributed by atoms with E-state index in [1.54, 1.807) is 18.2 Å². The number of rotatable bonds is 3. The van der Waals surface area contributed by atoms with Gasteiger partial charge in [0.25, 0.3) is 5.91 Å². The summed E-state index contributed by atoms with van der Waals surface area (Å²) < 4.78 is 12.9. The van der Waals surface area contributed by atoms with E-state index in [1.165, 1.54) is 30.6 Å². The fourth-order valence-corrected chi connectivity index (χ4v) is 1.57. The summed E-state index contributed by atoms with van der Waals surface area (Å²) in [6.07, 6.45) is 2.82. The van der Waals surface area contributed by atoms with Gasteiger partial charge in [0.15, 0.2) is 0 Å². The van der Waals surface area contributed by atoms with Crippen LogP contribution in [0, 0.1) is 5.82 Å². The topological polar surface area (TPSA) is 54.4 Å². The maximum absolute atomic E-state index is 12.9. The van der Waals surface area contributed by atoms with Crippen molar-refractivity contribution in [3.63, 3.8) is 0 Å². The number of carbonyl (C=O) groups is 1. The summed E-state index contributed by atoms with van der Waals surface area (Å²) in [6, 6.07) is 8.96. The molecule has 0 unspecified atom stereocenters. The molecule has 0 saturated heterocycles. The Balaban J connectivity index is 2.03. The lowest BCUT2D eigenvalue weighted by molar-refractivity contribution is 0.0955. The maximum atomic E-state index is 12.9. The van der Waals surface area contributed by atoms with Crippen molar-refractivity contribution in [3.05, 3.63) is 64.7 Å². The van der Waals surface area contributed by atoms with E-state index >= 15 is 0 Å². The monoisotopic (exact) mass is 277 g/mol. The first-order valence-electron chi connectivity index (χ1n) is 5.36. The first-order valence-corrected chi connectivity index (χ1v) is 5.74. The molecule has 0 fully saturated rings. The van der Waals surface area contributed by atoms with Gasteiger partial charge in [0.05, 0.1) is 11.8 Å². The van der Waals surface area contributed by atoms with Crippen LogP contribution in [0.25, 0.3) is 0 Å². The highest BCUT2D eigenvalue weighted by atomic mass is 35.5. The van der Waals surface area contributed by atoms with Crippen LogP contribution in [0.2, 0.25) is 5.15 Å².